The molecule has 4 aliphatic carbocycles. The Morgan fingerprint density at radius 3 is 2.66 bits per heavy atom. The zero-order valence-corrected chi connectivity index (χ0v) is 20.1. The van der Waals surface area contributed by atoms with Gasteiger partial charge in [-0.1, -0.05) is 0 Å². The number of aryl methyl sites for hydroxylation is 1. The lowest BCUT2D eigenvalue weighted by molar-refractivity contribution is -0.390. The first-order valence-corrected chi connectivity index (χ1v) is 12.2. The monoisotopic (exact) mass is 504 g/mol. The van der Waals surface area contributed by atoms with Crippen molar-refractivity contribution in [1.82, 2.24) is 24.9 Å². The predicted molar refractivity (Wildman–Crippen MR) is 121 cm³/mol. The minimum atomic E-state index is -0.438. The summed E-state index contributed by atoms with van der Waals surface area (Å²) >= 11 is 3.31. The Kier molecular flexibility index (Phi) is 5.18. The number of halogens is 1. The first-order chi connectivity index (χ1) is 15.2. The van der Waals surface area contributed by atoms with Crippen LogP contribution in [-0.2, 0) is 23.4 Å². The SMILES string of the molecule is CCn1ncc(CNC(=O)CC23CC4CC(C2)CC(n2cc(Br)c([N+](=O)[O-])n2)(C4)C3)c1C. The second-order valence-corrected chi connectivity index (χ2v) is 11.1. The van der Waals surface area contributed by atoms with Crippen LogP contribution in [0.3, 0.4) is 0 Å². The molecule has 4 saturated carbocycles. The van der Waals surface area contributed by atoms with Crippen LogP contribution in [0.15, 0.2) is 16.9 Å². The van der Waals surface area contributed by atoms with E-state index in [9.17, 15) is 14.9 Å². The molecule has 9 nitrogen and oxygen atoms in total. The summed E-state index contributed by atoms with van der Waals surface area (Å²) in [6.45, 7) is 5.40. The number of hydrogen-bond donors (Lipinski definition) is 1. The predicted octanol–water partition coefficient (Wildman–Crippen LogP) is 4.08. The molecular weight excluding hydrogens is 476 g/mol. The summed E-state index contributed by atoms with van der Waals surface area (Å²) in [6.07, 6.45) is 10.3. The lowest BCUT2D eigenvalue weighted by Gasteiger charge is -2.61. The Labute approximate surface area is 195 Å². The third-order valence-corrected chi connectivity index (χ3v) is 8.54. The highest BCUT2D eigenvalue weighted by atomic mass is 79.9. The largest absolute Gasteiger partial charge is 0.404 e. The minimum Gasteiger partial charge on any atom is -0.358 e. The number of nitro groups is 1. The molecule has 2 unspecified atom stereocenters. The molecule has 6 rings (SSSR count). The maximum absolute atomic E-state index is 13.0. The second kappa shape index (κ2) is 7.67. The standard InChI is InChI=1S/C22H29BrN6O3/c1-3-27-14(2)17(11-25-27)10-24-19(30)9-21-5-15-4-16(6-21)8-22(7-15,13-21)28-12-18(23)20(26-28)29(31)32/h11-12,15-16H,3-10,13H2,1-2H3,(H,24,30). The highest BCUT2D eigenvalue weighted by Crippen LogP contribution is 2.65. The van der Waals surface area contributed by atoms with Crippen molar-refractivity contribution in [3.8, 4) is 0 Å². The summed E-state index contributed by atoms with van der Waals surface area (Å²) in [5.74, 6) is 1.06. The van der Waals surface area contributed by atoms with Crippen molar-refractivity contribution in [2.24, 2.45) is 17.3 Å². The van der Waals surface area contributed by atoms with E-state index in [1.807, 2.05) is 22.5 Å². The Morgan fingerprint density at radius 1 is 1.34 bits per heavy atom. The molecule has 1 amide bonds. The second-order valence-electron chi connectivity index (χ2n) is 10.2. The van der Waals surface area contributed by atoms with Gasteiger partial charge in [0.05, 0.1) is 23.0 Å². The van der Waals surface area contributed by atoms with Crippen LogP contribution >= 0.6 is 15.9 Å². The van der Waals surface area contributed by atoms with Crippen molar-refractivity contribution in [3.63, 3.8) is 0 Å². The molecule has 2 aromatic rings. The van der Waals surface area contributed by atoms with Crippen molar-refractivity contribution in [3.05, 3.63) is 38.2 Å². The van der Waals surface area contributed by atoms with E-state index in [2.05, 4.69) is 38.4 Å². The molecule has 0 radical (unpaired) electrons. The average molecular weight is 505 g/mol. The van der Waals surface area contributed by atoms with E-state index >= 15 is 0 Å². The molecule has 10 heteroatoms. The Morgan fingerprint density at radius 2 is 2.06 bits per heavy atom. The fraction of sp³-hybridized carbons (Fsp3) is 0.682. The van der Waals surface area contributed by atoms with Crippen LogP contribution in [0.1, 0.15) is 63.1 Å². The third-order valence-electron chi connectivity index (χ3n) is 7.98. The smallest absolute Gasteiger partial charge is 0.358 e. The fourth-order valence-electron chi connectivity index (χ4n) is 7.16. The van der Waals surface area contributed by atoms with Crippen LogP contribution in [0.2, 0.25) is 0 Å². The number of carbonyl (C=O) groups excluding carboxylic acids is 1. The van der Waals surface area contributed by atoms with Gasteiger partial charge in [0.25, 0.3) is 0 Å². The Hall–Kier alpha value is -2.23. The molecule has 4 aliphatic rings. The fourth-order valence-corrected chi connectivity index (χ4v) is 7.58. The van der Waals surface area contributed by atoms with Crippen molar-refractivity contribution < 1.29 is 9.72 Å². The Balaban J connectivity index is 1.33. The van der Waals surface area contributed by atoms with Crippen LogP contribution < -0.4 is 5.32 Å². The lowest BCUT2D eigenvalue weighted by atomic mass is 9.46. The van der Waals surface area contributed by atoms with Gasteiger partial charge in [-0.15, -0.1) is 0 Å². The van der Waals surface area contributed by atoms with E-state index in [0.717, 1.165) is 49.9 Å². The molecule has 0 aromatic carbocycles. The van der Waals surface area contributed by atoms with E-state index in [-0.39, 0.29) is 22.7 Å². The zero-order valence-electron chi connectivity index (χ0n) is 18.5. The van der Waals surface area contributed by atoms with Crippen molar-refractivity contribution in [2.45, 2.75) is 77.4 Å². The van der Waals surface area contributed by atoms with E-state index < -0.39 is 4.92 Å². The topological polar surface area (TPSA) is 108 Å². The molecule has 172 valence electrons. The number of carbonyl (C=O) groups is 1. The Bertz CT molecular complexity index is 1060. The number of nitrogens with zero attached hydrogens (tertiary/aromatic N) is 5. The first-order valence-electron chi connectivity index (χ1n) is 11.4. The van der Waals surface area contributed by atoms with Crippen LogP contribution in [-0.4, -0.2) is 30.4 Å². The number of rotatable bonds is 7. The lowest BCUT2D eigenvalue weighted by Crippen LogP contribution is -2.57. The van der Waals surface area contributed by atoms with Crippen molar-refractivity contribution in [1.29, 1.82) is 0 Å². The highest BCUT2D eigenvalue weighted by Gasteiger charge is 2.60. The van der Waals surface area contributed by atoms with E-state index in [1.165, 1.54) is 6.42 Å². The highest BCUT2D eigenvalue weighted by molar-refractivity contribution is 9.10. The van der Waals surface area contributed by atoms with E-state index in [4.69, 9.17) is 0 Å². The molecule has 0 aliphatic heterocycles. The number of nitrogens with one attached hydrogen (secondary N) is 1. The van der Waals surface area contributed by atoms with Crippen LogP contribution in [0.5, 0.6) is 0 Å². The van der Waals surface area contributed by atoms with Gasteiger partial charge >= 0.3 is 5.82 Å². The summed E-state index contributed by atoms with van der Waals surface area (Å²) in [4.78, 5) is 23.9. The van der Waals surface area contributed by atoms with Gasteiger partial charge in [-0.05, 0) is 90.5 Å². The van der Waals surface area contributed by atoms with E-state index in [0.29, 0.717) is 29.3 Å². The van der Waals surface area contributed by atoms with Gasteiger partial charge in [0, 0.05) is 30.8 Å². The van der Waals surface area contributed by atoms with Crippen molar-refractivity contribution >= 4 is 27.7 Å². The van der Waals surface area contributed by atoms with Gasteiger partial charge in [0.1, 0.15) is 4.47 Å². The summed E-state index contributed by atoms with van der Waals surface area (Å²) < 4.78 is 4.21. The van der Waals surface area contributed by atoms with Crippen LogP contribution in [0, 0.1) is 34.3 Å². The number of amides is 1. The summed E-state index contributed by atoms with van der Waals surface area (Å²) in [5, 5.41) is 23.2. The first kappa shape index (κ1) is 21.6. The quantitative estimate of drug-likeness (QED) is 0.451. The zero-order chi connectivity index (χ0) is 22.7. The summed E-state index contributed by atoms with van der Waals surface area (Å²) in [5.41, 5.74) is 1.87. The molecule has 32 heavy (non-hydrogen) atoms. The van der Waals surface area contributed by atoms with Crippen molar-refractivity contribution in [2.75, 3.05) is 0 Å². The normalized spacial score (nSPS) is 30.6. The van der Waals surface area contributed by atoms with Crippen LogP contribution in [0.4, 0.5) is 5.82 Å². The van der Waals surface area contributed by atoms with Crippen LogP contribution in [0.25, 0.3) is 0 Å². The molecule has 0 saturated heterocycles. The molecule has 4 bridgehead atoms. The molecule has 1 N–H and O–H groups in total. The van der Waals surface area contributed by atoms with Gasteiger partial charge in [-0.25, -0.2) is 0 Å². The van der Waals surface area contributed by atoms with Gasteiger partial charge in [-0.3, -0.25) is 9.48 Å². The molecule has 2 aromatic heterocycles. The van der Waals surface area contributed by atoms with Gasteiger partial charge in [0.15, 0.2) is 0 Å². The van der Waals surface area contributed by atoms with Gasteiger partial charge in [-0.2, -0.15) is 9.78 Å². The average Bonchev–Trinajstić information content (AvgIpc) is 3.28. The summed E-state index contributed by atoms with van der Waals surface area (Å²) in [6, 6.07) is 0. The summed E-state index contributed by atoms with van der Waals surface area (Å²) in [7, 11) is 0. The minimum absolute atomic E-state index is 0.0516. The van der Waals surface area contributed by atoms with Gasteiger partial charge < -0.3 is 15.4 Å². The third kappa shape index (κ3) is 3.56. The maximum Gasteiger partial charge on any atom is 0.404 e. The maximum atomic E-state index is 13.0. The molecular formula is C22H29BrN6O3. The number of aromatic nitrogens is 4. The molecule has 4 fully saturated rings. The number of hydrogen-bond acceptors (Lipinski definition) is 5. The molecule has 2 heterocycles. The van der Waals surface area contributed by atoms with E-state index in [1.54, 1.807) is 6.20 Å². The molecule has 2 atom stereocenters. The van der Waals surface area contributed by atoms with Gasteiger partial charge in [0.2, 0.25) is 5.91 Å². The molecule has 0 spiro atoms.